The van der Waals surface area contributed by atoms with Crippen LogP contribution in [0.1, 0.15) is 16.3 Å². The minimum Gasteiger partial charge on any atom is -0.363 e. The third kappa shape index (κ3) is 3.07. The molecule has 0 fully saturated rings. The molecule has 7 nitrogen and oxygen atoms in total. The molecule has 3 heterocycles. The van der Waals surface area contributed by atoms with E-state index >= 15 is 0 Å². The standard InChI is InChI=1S/C14H10ClF3N6O/c1-23-9(5-21-13(23)12(19)25)8-6-24(22-11(8)14(16,17)18)7-2-3-10(15)20-4-7/h2-6H,1H3,(H2,19,25). The third-order valence-corrected chi connectivity index (χ3v) is 3.67. The summed E-state index contributed by atoms with van der Waals surface area (Å²) in [6, 6.07) is 2.91. The lowest BCUT2D eigenvalue weighted by Gasteiger charge is -2.07. The lowest BCUT2D eigenvalue weighted by atomic mass is 10.2. The zero-order valence-electron chi connectivity index (χ0n) is 12.6. The number of hydrogen-bond acceptors (Lipinski definition) is 4. The van der Waals surface area contributed by atoms with Crippen LogP contribution in [0.5, 0.6) is 0 Å². The van der Waals surface area contributed by atoms with Gasteiger partial charge in [-0.3, -0.25) is 4.79 Å². The second-order valence-electron chi connectivity index (χ2n) is 5.06. The van der Waals surface area contributed by atoms with Gasteiger partial charge < -0.3 is 10.3 Å². The molecule has 0 spiro atoms. The van der Waals surface area contributed by atoms with Gasteiger partial charge in [-0.2, -0.15) is 18.3 Å². The van der Waals surface area contributed by atoms with Crippen molar-refractivity contribution < 1.29 is 18.0 Å². The number of pyridine rings is 1. The second-order valence-corrected chi connectivity index (χ2v) is 5.45. The van der Waals surface area contributed by atoms with Crippen LogP contribution in [0.4, 0.5) is 13.2 Å². The molecule has 0 aliphatic heterocycles. The number of nitrogens with zero attached hydrogens (tertiary/aromatic N) is 5. The van der Waals surface area contributed by atoms with Crippen molar-refractivity contribution >= 4 is 17.5 Å². The Bertz CT molecular complexity index is 945. The van der Waals surface area contributed by atoms with Crippen LogP contribution in [0.3, 0.4) is 0 Å². The molecule has 0 unspecified atom stereocenters. The molecule has 0 atom stereocenters. The molecule has 0 aromatic carbocycles. The summed E-state index contributed by atoms with van der Waals surface area (Å²) in [5, 5.41) is 3.80. The van der Waals surface area contributed by atoms with Crippen LogP contribution in [0.25, 0.3) is 16.9 Å². The van der Waals surface area contributed by atoms with Gasteiger partial charge in [0, 0.05) is 13.2 Å². The molecule has 0 saturated heterocycles. The van der Waals surface area contributed by atoms with Gasteiger partial charge in [0.2, 0.25) is 0 Å². The highest BCUT2D eigenvalue weighted by atomic mass is 35.5. The maximum absolute atomic E-state index is 13.4. The molecule has 0 bridgehead atoms. The minimum absolute atomic E-state index is 0.0503. The Morgan fingerprint density at radius 2 is 1.96 bits per heavy atom. The zero-order chi connectivity index (χ0) is 18.4. The number of halogens is 4. The Balaban J connectivity index is 2.19. The number of nitrogens with two attached hydrogens (primary N) is 1. The molecule has 0 aliphatic carbocycles. The van der Waals surface area contributed by atoms with Crippen LogP contribution in [-0.4, -0.2) is 30.2 Å². The van der Waals surface area contributed by atoms with Crippen LogP contribution < -0.4 is 5.73 Å². The summed E-state index contributed by atoms with van der Waals surface area (Å²) >= 11 is 5.68. The van der Waals surface area contributed by atoms with Crippen molar-refractivity contribution in [1.82, 2.24) is 24.3 Å². The maximum Gasteiger partial charge on any atom is 0.435 e. The van der Waals surface area contributed by atoms with Crippen LogP contribution in [0.15, 0.2) is 30.7 Å². The van der Waals surface area contributed by atoms with Gasteiger partial charge in [0.1, 0.15) is 5.15 Å². The Morgan fingerprint density at radius 3 is 2.48 bits per heavy atom. The van der Waals surface area contributed by atoms with Crippen molar-refractivity contribution in [2.24, 2.45) is 12.8 Å². The predicted molar refractivity (Wildman–Crippen MR) is 82.1 cm³/mol. The fourth-order valence-electron chi connectivity index (χ4n) is 2.30. The van der Waals surface area contributed by atoms with Crippen molar-refractivity contribution in [3.05, 3.63) is 47.4 Å². The van der Waals surface area contributed by atoms with Crippen LogP contribution in [0.2, 0.25) is 5.15 Å². The molecule has 1 amide bonds. The van der Waals surface area contributed by atoms with Gasteiger partial charge in [0.05, 0.1) is 29.3 Å². The average Bonchev–Trinajstić information content (AvgIpc) is 3.11. The van der Waals surface area contributed by atoms with E-state index in [1.807, 2.05) is 0 Å². The van der Waals surface area contributed by atoms with E-state index in [-0.39, 0.29) is 22.2 Å². The van der Waals surface area contributed by atoms with Gasteiger partial charge in [-0.1, -0.05) is 11.6 Å². The first-order valence-electron chi connectivity index (χ1n) is 6.79. The highest BCUT2D eigenvalue weighted by Gasteiger charge is 2.38. The first kappa shape index (κ1) is 17.0. The van der Waals surface area contributed by atoms with E-state index in [1.54, 1.807) is 0 Å². The number of aromatic nitrogens is 5. The third-order valence-electron chi connectivity index (χ3n) is 3.44. The second kappa shape index (κ2) is 5.88. The molecule has 11 heteroatoms. The quantitative estimate of drug-likeness (QED) is 0.717. The van der Waals surface area contributed by atoms with Crippen molar-refractivity contribution in [3.8, 4) is 16.9 Å². The van der Waals surface area contributed by atoms with E-state index in [4.69, 9.17) is 17.3 Å². The molecule has 0 aliphatic rings. The van der Waals surface area contributed by atoms with Crippen molar-refractivity contribution in [2.45, 2.75) is 6.18 Å². The SMILES string of the molecule is Cn1c(-c2cn(-c3ccc(Cl)nc3)nc2C(F)(F)F)cnc1C(N)=O. The fraction of sp³-hybridized carbons (Fsp3) is 0.143. The highest BCUT2D eigenvalue weighted by molar-refractivity contribution is 6.29. The fourth-order valence-corrected chi connectivity index (χ4v) is 2.41. The van der Waals surface area contributed by atoms with Gasteiger partial charge in [-0.15, -0.1) is 0 Å². The Labute approximate surface area is 143 Å². The molecular formula is C14H10ClF3N6O. The van der Waals surface area contributed by atoms with Crippen molar-refractivity contribution in [1.29, 1.82) is 0 Å². The normalized spacial score (nSPS) is 11.7. The molecule has 3 aromatic heterocycles. The summed E-state index contributed by atoms with van der Waals surface area (Å²) in [5.74, 6) is -1.01. The van der Waals surface area contributed by atoms with E-state index in [2.05, 4.69) is 15.1 Å². The molecular weight excluding hydrogens is 361 g/mol. The highest BCUT2D eigenvalue weighted by Crippen LogP contribution is 2.36. The van der Waals surface area contributed by atoms with E-state index < -0.39 is 17.8 Å². The van der Waals surface area contributed by atoms with Gasteiger partial charge in [0.15, 0.2) is 11.5 Å². The minimum atomic E-state index is -4.71. The number of amides is 1. The van der Waals surface area contributed by atoms with Crippen LogP contribution in [-0.2, 0) is 13.2 Å². The maximum atomic E-state index is 13.4. The smallest absolute Gasteiger partial charge is 0.363 e. The number of carbonyl (C=O) groups is 1. The molecule has 3 aromatic rings. The van der Waals surface area contributed by atoms with Crippen LogP contribution >= 0.6 is 11.6 Å². The summed E-state index contributed by atoms with van der Waals surface area (Å²) in [7, 11) is 1.39. The Hall–Kier alpha value is -2.88. The lowest BCUT2D eigenvalue weighted by molar-refractivity contribution is -0.140. The topological polar surface area (TPSA) is 91.6 Å². The summed E-state index contributed by atoms with van der Waals surface area (Å²) in [4.78, 5) is 18.9. The number of rotatable bonds is 3. The summed E-state index contributed by atoms with van der Waals surface area (Å²) in [6.07, 6.45) is -1.11. The first-order valence-corrected chi connectivity index (χ1v) is 7.17. The van der Waals surface area contributed by atoms with Crippen molar-refractivity contribution in [3.63, 3.8) is 0 Å². The number of hydrogen-bond donors (Lipinski definition) is 1. The largest absolute Gasteiger partial charge is 0.435 e. The van der Waals surface area contributed by atoms with E-state index in [0.717, 1.165) is 10.9 Å². The van der Waals surface area contributed by atoms with Gasteiger partial charge in [-0.05, 0) is 12.1 Å². The lowest BCUT2D eigenvalue weighted by Crippen LogP contribution is -2.17. The number of alkyl halides is 3. The predicted octanol–water partition coefficient (Wildman–Crippen LogP) is 2.44. The number of primary amides is 1. The zero-order valence-corrected chi connectivity index (χ0v) is 13.4. The average molecular weight is 371 g/mol. The van der Waals surface area contributed by atoms with Gasteiger partial charge in [-0.25, -0.2) is 14.6 Å². The summed E-state index contributed by atoms with van der Waals surface area (Å²) in [6.45, 7) is 0. The molecule has 0 radical (unpaired) electrons. The Morgan fingerprint density at radius 1 is 1.24 bits per heavy atom. The Kier molecular flexibility index (Phi) is 3.99. The number of imidazole rings is 1. The number of carbonyl (C=O) groups excluding carboxylic acids is 1. The van der Waals surface area contributed by atoms with E-state index in [0.29, 0.717) is 5.69 Å². The molecule has 3 rings (SSSR count). The summed E-state index contributed by atoms with van der Waals surface area (Å²) < 4.78 is 42.4. The first-order chi connectivity index (χ1) is 11.7. The van der Waals surface area contributed by atoms with E-state index in [1.165, 1.54) is 36.1 Å². The van der Waals surface area contributed by atoms with Crippen LogP contribution in [0, 0.1) is 0 Å². The van der Waals surface area contributed by atoms with Gasteiger partial charge >= 0.3 is 6.18 Å². The molecule has 2 N–H and O–H groups in total. The molecule has 0 saturated carbocycles. The molecule has 25 heavy (non-hydrogen) atoms. The van der Waals surface area contributed by atoms with E-state index in [9.17, 15) is 18.0 Å². The monoisotopic (exact) mass is 370 g/mol. The molecule has 130 valence electrons. The van der Waals surface area contributed by atoms with Gasteiger partial charge in [0.25, 0.3) is 5.91 Å². The van der Waals surface area contributed by atoms with Crippen molar-refractivity contribution in [2.75, 3.05) is 0 Å². The summed E-state index contributed by atoms with van der Waals surface area (Å²) in [5.41, 5.74) is 4.13.